The zero-order valence-corrected chi connectivity index (χ0v) is 13.0. The minimum atomic E-state index is 0.126. The fourth-order valence-electron chi connectivity index (χ4n) is 2.42. The van der Waals surface area contributed by atoms with Gasteiger partial charge in [0, 0.05) is 10.9 Å². The molecule has 2 N–H and O–H groups in total. The minimum Gasteiger partial charge on any atom is -0.493 e. The van der Waals surface area contributed by atoms with Crippen LogP contribution < -0.4 is 10.5 Å². The van der Waals surface area contributed by atoms with Crippen LogP contribution in [0.5, 0.6) is 5.75 Å². The van der Waals surface area contributed by atoms with Crippen LogP contribution in [0.15, 0.2) is 16.6 Å². The van der Waals surface area contributed by atoms with E-state index in [9.17, 15) is 0 Å². The Morgan fingerprint density at radius 1 is 1.44 bits per heavy atom. The summed E-state index contributed by atoms with van der Waals surface area (Å²) in [6.07, 6.45) is 1.99. The van der Waals surface area contributed by atoms with Crippen LogP contribution in [0.1, 0.15) is 31.9 Å². The molecular formula is C15H22BrNO. The lowest BCUT2D eigenvalue weighted by atomic mass is 9.74. The zero-order chi connectivity index (χ0) is 13.3. The Balaban J connectivity index is 2.35. The second-order valence-electron chi connectivity index (χ2n) is 5.84. The maximum atomic E-state index is 5.99. The van der Waals surface area contributed by atoms with E-state index in [0.29, 0.717) is 12.5 Å². The van der Waals surface area contributed by atoms with Crippen LogP contribution in [0.4, 0.5) is 0 Å². The molecule has 0 aliphatic carbocycles. The van der Waals surface area contributed by atoms with Crippen molar-refractivity contribution in [3.8, 4) is 5.75 Å². The Labute approximate surface area is 118 Å². The average molecular weight is 312 g/mol. The van der Waals surface area contributed by atoms with E-state index in [-0.39, 0.29) is 5.41 Å². The highest BCUT2D eigenvalue weighted by Gasteiger charge is 2.30. The average Bonchev–Trinajstić information content (AvgIpc) is 2.76. The van der Waals surface area contributed by atoms with E-state index in [4.69, 9.17) is 10.5 Å². The third kappa shape index (κ3) is 2.57. The first-order chi connectivity index (χ1) is 8.46. The highest BCUT2D eigenvalue weighted by molar-refractivity contribution is 9.10. The summed E-state index contributed by atoms with van der Waals surface area (Å²) >= 11 is 3.60. The summed E-state index contributed by atoms with van der Waals surface area (Å²) in [5, 5.41) is 0. The highest BCUT2D eigenvalue weighted by Crippen LogP contribution is 2.38. The number of rotatable bonds is 4. The molecule has 0 aromatic heterocycles. The maximum absolute atomic E-state index is 5.99. The number of hydrogen-bond donors (Lipinski definition) is 1. The van der Waals surface area contributed by atoms with Crippen molar-refractivity contribution >= 4 is 15.9 Å². The van der Waals surface area contributed by atoms with Gasteiger partial charge in [-0.25, -0.2) is 0 Å². The summed E-state index contributed by atoms with van der Waals surface area (Å²) in [7, 11) is 0. The maximum Gasteiger partial charge on any atom is 0.125 e. The van der Waals surface area contributed by atoms with Crippen molar-refractivity contribution in [2.24, 2.45) is 17.1 Å². The van der Waals surface area contributed by atoms with Gasteiger partial charge in [0.25, 0.3) is 0 Å². The van der Waals surface area contributed by atoms with Crippen molar-refractivity contribution in [3.05, 3.63) is 27.7 Å². The van der Waals surface area contributed by atoms with Crippen molar-refractivity contribution < 1.29 is 4.74 Å². The molecule has 0 saturated carbocycles. The molecule has 1 aromatic rings. The van der Waals surface area contributed by atoms with E-state index in [1.54, 1.807) is 0 Å². The lowest BCUT2D eigenvalue weighted by Gasteiger charge is -2.33. The van der Waals surface area contributed by atoms with E-state index in [0.717, 1.165) is 29.7 Å². The van der Waals surface area contributed by atoms with E-state index in [1.165, 1.54) is 11.1 Å². The molecule has 3 heteroatoms. The minimum absolute atomic E-state index is 0.126. The van der Waals surface area contributed by atoms with Crippen LogP contribution in [-0.2, 0) is 12.8 Å². The van der Waals surface area contributed by atoms with Crippen LogP contribution in [0, 0.1) is 11.3 Å². The van der Waals surface area contributed by atoms with Crippen LogP contribution >= 0.6 is 15.9 Å². The van der Waals surface area contributed by atoms with Gasteiger partial charge in [0.05, 0.1) is 6.61 Å². The lowest BCUT2D eigenvalue weighted by Crippen LogP contribution is -2.34. The topological polar surface area (TPSA) is 35.2 Å². The standard InChI is InChI=1S/C15H22BrNO/c1-10(2)15(3,9-17)8-12-7-13(16)6-11-4-5-18-14(11)12/h6-7,10H,4-5,8-9,17H2,1-3H3. The summed E-state index contributed by atoms with van der Waals surface area (Å²) < 4.78 is 6.94. The predicted octanol–water partition coefficient (Wildman–Crippen LogP) is 3.55. The molecular weight excluding hydrogens is 290 g/mol. The van der Waals surface area contributed by atoms with Crippen LogP contribution in [0.3, 0.4) is 0 Å². The number of benzene rings is 1. The largest absolute Gasteiger partial charge is 0.493 e. The Bertz CT molecular complexity index is 444. The normalized spacial score (nSPS) is 17.4. The Kier molecular flexibility index (Phi) is 4.02. The highest BCUT2D eigenvalue weighted by atomic mass is 79.9. The van der Waals surface area contributed by atoms with Crippen LogP contribution in [0.2, 0.25) is 0 Å². The van der Waals surface area contributed by atoms with Gasteiger partial charge in [-0.15, -0.1) is 0 Å². The third-order valence-electron chi connectivity index (χ3n) is 4.28. The summed E-state index contributed by atoms with van der Waals surface area (Å²) in [5.41, 5.74) is 8.72. The van der Waals surface area contributed by atoms with E-state index in [1.807, 2.05) is 0 Å². The van der Waals surface area contributed by atoms with Crippen molar-refractivity contribution in [1.82, 2.24) is 0 Å². The molecule has 1 heterocycles. The molecule has 1 aliphatic heterocycles. The number of halogens is 1. The molecule has 2 nitrogen and oxygen atoms in total. The molecule has 0 fully saturated rings. The molecule has 100 valence electrons. The summed E-state index contributed by atoms with van der Waals surface area (Å²) in [4.78, 5) is 0. The number of nitrogens with two attached hydrogens (primary N) is 1. The van der Waals surface area contributed by atoms with Crippen molar-refractivity contribution in [2.45, 2.75) is 33.6 Å². The van der Waals surface area contributed by atoms with Crippen molar-refractivity contribution in [2.75, 3.05) is 13.2 Å². The van der Waals surface area contributed by atoms with Crippen LogP contribution in [0.25, 0.3) is 0 Å². The Morgan fingerprint density at radius 3 is 2.78 bits per heavy atom. The van der Waals surface area contributed by atoms with Gasteiger partial charge in [-0.3, -0.25) is 0 Å². The number of hydrogen-bond acceptors (Lipinski definition) is 2. The monoisotopic (exact) mass is 311 g/mol. The summed E-state index contributed by atoms with van der Waals surface area (Å²) in [5.74, 6) is 1.65. The molecule has 0 bridgehead atoms. The first-order valence-corrected chi connectivity index (χ1v) is 7.40. The number of fused-ring (bicyclic) bond motifs is 1. The van der Waals surface area contributed by atoms with Gasteiger partial charge in [-0.1, -0.05) is 36.7 Å². The molecule has 0 saturated heterocycles. The van der Waals surface area contributed by atoms with Gasteiger partial charge in [-0.05, 0) is 47.6 Å². The summed E-state index contributed by atoms with van der Waals surface area (Å²) in [6, 6.07) is 4.35. The molecule has 1 unspecified atom stereocenters. The van der Waals surface area contributed by atoms with Gasteiger partial charge < -0.3 is 10.5 Å². The molecule has 1 aliphatic rings. The zero-order valence-electron chi connectivity index (χ0n) is 11.4. The van der Waals surface area contributed by atoms with Gasteiger partial charge in [0.2, 0.25) is 0 Å². The lowest BCUT2D eigenvalue weighted by molar-refractivity contribution is 0.224. The van der Waals surface area contributed by atoms with Gasteiger partial charge in [0.1, 0.15) is 5.75 Å². The van der Waals surface area contributed by atoms with Crippen molar-refractivity contribution in [1.29, 1.82) is 0 Å². The predicted molar refractivity (Wildman–Crippen MR) is 79.0 cm³/mol. The second-order valence-corrected chi connectivity index (χ2v) is 6.76. The first kappa shape index (κ1) is 13.9. The quantitative estimate of drug-likeness (QED) is 0.923. The van der Waals surface area contributed by atoms with Gasteiger partial charge >= 0.3 is 0 Å². The van der Waals surface area contributed by atoms with Crippen LogP contribution in [-0.4, -0.2) is 13.2 Å². The van der Waals surface area contributed by atoms with E-state index in [2.05, 4.69) is 48.8 Å². The van der Waals surface area contributed by atoms with E-state index >= 15 is 0 Å². The molecule has 18 heavy (non-hydrogen) atoms. The molecule has 1 aromatic carbocycles. The Morgan fingerprint density at radius 2 is 2.17 bits per heavy atom. The smallest absolute Gasteiger partial charge is 0.125 e. The van der Waals surface area contributed by atoms with Crippen molar-refractivity contribution in [3.63, 3.8) is 0 Å². The SMILES string of the molecule is CC(C)C(C)(CN)Cc1cc(Br)cc2c1OCC2. The summed E-state index contributed by atoms with van der Waals surface area (Å²) in [6.45, 7) is 8.25. The fourth-order valence-corrected chi connectivity index (χ4v) is 2.98. The third-order valence-corrected chi connectivity index (χ3v) is 4.74. The molecule has 0 spiro atoms. The second kappa shape index (κ2) is 5.22. The van der Waals surface area contributed by atoms with E-state index < -0.39 is 0 Å². The van der Waals surface area contributed by atoms with Gasteiger partial charge in [0.15, 0.2) is 0 Å². The first-order valence-electron chi connectivity index (χ1n) is 6.60. The molecule has 1 atom stereocenters. The van der Waals surface area contributed by atoms with Gasteiger partial charge in [-0.2, -0.15) is 0 Å². The molecule has 2 rings (SSSR count). The molecule has 0 amide bonds. The fraction of sp³-hybridized carbons (Fsp3) is 0.600. The Hall–Kier alpha value is -0.540. The number of ether oxygens (including phenoxy) is 1. The molecule has 0 radical (unpaired) electrons.